The van der Waals surface area contributed by atoms with Crippen molar-refractivity contribution in [3.63, 3.8) is 0 Å². The molecule has 6 rings (SSSR count). The molecule has 3 atom stereocenters. The third-order valence-electron chi connectivity index (χ3n) is 11.1. The summed E-state index contributed by atoms with van der Waals surface area (Å²) in [4.78, 5) is 67.4. The lowest BCUT2D eigenvalue weighted by molar-refractivity contribution is -0.104. The number of likely N-dealkylation sites (tertiary alicyclic amines) is 3. The van der Waals surface area contributed by atoms with Gasteiger partial charge in [-0.15, -0.1) is 5.10 Å². The number of aldehydes is 1. The maximum Gasteiger partial charge on any atom is 0.410 e. The zero-order valence-electron chi connectivity index (χ0n) is 43.0. The average Bonchev–Trinajstić information content (AvgIpc) is 3.30. The molecule has 3 aromatic rings. The molecular weight excluding hydrogens is 913 g/mol. The van der Waals surface area contributed by atoms with Gasteiger partial charge in [0, 0.05) is 68.1 Å². The van der Waals surface area contributed by atoms with Crippen LogP contribution in [0.4, 0.5) is 14.4 Å². The molecule has 3 fully saturated rings. The van der Waals surface area contributed by atoms with Crippen LogP contribution < -0.4 is 17.3 Å². The van der Waals surface area contributed by atoms with Crippen molar-refractivity contribution in [3.8, 4) is 11.3 Å². The third-order valence-corrected chi connectivity index (χ3v) is 11.4. The highest BCUT2D eigenvalue weighted by molar-refractivity contribution is 7.80. The van der Waals surface area contributed by atoms with E-state index in [9.17, 15) is 24.0 Å². The van der Waals surface area contributed by atoms with E-state index in [-0.39, 0.29) is 36.0 Å². The van der Waals surface area contributed by atoms with E-state index in [1.807, 2.05) is 86.6 Å². The van der Waals surface area contributed by atoms with Crippen molar-refractivity contribution >= 4 is 53.4 Å². The number of hydrazone groups is 1. The van der Waals surface area contributed by atoms with Crippen molar-refractivity contribution < 1.29 is 38.2 Å². The second-order valence-electron chi connectivity index (χ2n) is 20.6. The molecule has 6 N–H and O–H groups in total. The largest absolute Gasteiger partial charge is 0.444 e. The van der Waals surface area contributed by atoms with E-state index in [0.29, 0.717) is 61.2 Å². The Hall–Kier alpha value is -6.24. The van der Waals surface area contributed by atoms with Crippen LogP contribution in [-0.4, -0.2) is 127 Å². The Bertz CT molecular complexity index is 2270. The number of carbonyl (C=O) groups is 5. The van der Waals surface area contributed by atoms with E-state index in [2.05, 4.69) is 28.3 Å². The lowest BCUT2D eigenvalue weighted by Gasteiger charge is -2.33. The number of carbonyl (C=O) groups excluding carboxylic acids is 5. The molecule has 4 heterocycles. The van der Waals surface area contributed by atoms with Crippen LogP contribution in [-0.2, 0) is 19.0 Å². The van der Waals surface area contributed by atoms with Gasteiger partial charge in [0.1, 0.15) is 22.6 Å². The number of benzene rings is 2. The molecule has 384 valence electrons. The van der Waals surface area contributed by atoms with Gasteiger partial charge in [0.15, 0.2) is 12.1 Å². The van der Waals surface area contributed by atoms with Gasteiger partial charge in [0.2, 0.25) is 5.78 Å². The number of nitrogens with two attached hydrogens (primary N) is 3. The number of nitrogens with zero attached hydrogens (tertiary/aromatic N) is 7. The molecule has 18 nitrogen and oxygen atoms in total. The maximum atomic E-state index is 12.4. The summed E-state index contributed by atoms with van der Waals surface area (Å²) < 4.78 is 16.1. The van der Waals surface area contributed by atoms with Crippen LogP contribution in [0.2, 0.25) is 0 Å². The van der Waals surface area contributed by atoms with E-state index in [1.165, 1.54) is 0 Å². The zero-order chi connectivity index (χ0) is 52.4. The summed E-state index contributed by atoms with van der Waals surface area (Å²) in [6.45, 7) is 24.4. The number of ketones is 1. The molecule has 3 aliphatic rings. The highest BCUT2D eigenvalue weighted by Gasteiger charge is 2.32. The first-order chi connectivity index (χ1) is 32.7. The molecule has 19 heteroatoms. The summed E-state index contributed by atoms with van der Waals surface area (Å²) >= 11 is 4.96. The number of amides is 3. The molecular formula is C51H76N10O8S. The molecule has 70 heavy (non-hydrogen) atoms. The second kappa shape index (κ2) is 26.7. The monoisotopic (exact) mass is 989 g/mol. The predicted octanol–water partition coefficient (Wildman–Crippen LogP) is 8.12. The fourth-order valence-electron chi connectivity index (χ4n) is 7.59. The van der Waals surface area contributed by atoms with Gasteiger partial charge in [0.05, 0.1) is 16.9 Å². The first kappa shape index (κ1) is 58.1. The molecule has 0 spiro atoms. The lowest BCUT2D eigenvalue weighted by Crippen LogP contribution is -2.46. The number of aromatic nitrogens is 3. The lowest BCUT2D eigenvalue weighted by atomic mass is 9.97. The Labute approximate surface area is 419 Å². The topological polar surface area (TPSA) is 252 Å². The van der Waals surface area contributed by atoms with E-state index in [0.717, 1.165) is 67.5 Å². The number of Topliss-reactive ketones (excluding diaryl/α,β-unsaturated/α-hetero) is 1. The number of aryl methyl sites for hydroxylation is 2. The van der Waals surface area contributed by atoms with E-state index in [1.54, 1.807) is 46.0 Å². The summed E-state index contributed by atoms with van der Waals surface area (Å²) in [5.74, 6) is 6.05. The zero-order valence-corrected chi connectivity index (χ0v) is 43.8. The fraction of sp³-hybridized carbons (Fsp3) is 0.569. The summed E-state index contributed by atoms with van der Waals surface area (Å²) in [7, 11) is 0. The Morgan fingerprint density at radius 3 is 1.61 bits per heavy atom. The standard InChI is InChI=1S/C20H26N4O2.C11H22N4O2.C11H20N2O2S.C9H8O2/c1-14-8-5-6-10-16(14)17-12-21-23-18(22-17)15-9-7-11-24(13-15)19(25)26-20(2,3)4;1-11(2,3)17-10(16)15-6-4-5-8(7-15)9(12)14-13;1-11(2,3)15-10(14)13-6-4-5-8(7-13)9(12)16;1-7-4-2-3-5-8(7)9(11)6-10/h5-6,8,10,12,15H,7,9,11,13H2,1-4H3;8H,4-7,13H2,1-3H3,(H2,12,14);8H,4-7H2,1-3H3,(H2,12,16);2-6H,1H3. The Morgan fingerprint density at radius 2 is 1.14 bits per heavy atom. The molecule has 0 bridgehead atoms. The van der Waals surface area contributed by atoms with Gasteiger partial charge in [-0.25, -0.2) is 19.4 Å². The summed E-state index contributed by atoms with van der Waals surface area (Å²) in [6.07, 6.45) is 6.73. The van der Waals surface area contributed by atoms with Gasteiger partial charge in [-0.3, -0.25) is 9.59 Å². The van der Waals surface area contributed by atoms with Crippen molar-refractivity contribution in [1.29, 1.82) is 0 Å². The minimum absolute atomic E-state index is 0.0428. The normalized spacial score (nSPS) is 18.5. The van der Waals surface area contributed by atoms with Gasteiger partial charge in [-0.1, -0.05) is 60.7 Å². The van der Waals surface area contributed by atoms with Crippen LogP contribution in [0.3, 0.4) is 0 Å². The van der Waals surface area contributed by atoms with Crippen LogP contribution in [0.25, 0.3) is 11.3 Å². The summed E-state index contributed by atoms with van der Waals surface area (Å²) in [5.41, 5.74) is 14.2. The smallest absolute Gasteiger partial charge is 0.410 e. The molecule has 0 aliphatic carbocycles. The molecule has 3 unspecified atom stereocenters. The fourth-order valence-corrected chi connectivity index (χ4v) is 7.78. The van der Waals surface area contributed by atoms with Crippen molar-refractivity contribution in [1.82, 2.24) is 29.9 Å². The number of thiocarbonyl (C=S) groups is 1. The third kappa shape index (κ3) is 20.0. The number of hydrogen-bond acceptors (Lipinski definition) is 14. The molecule has 3 amide bonds. The van der Waals surface area contributed by atoms with Gasteiger partial charge in [-0.05, 0) is 126 Å². The summed E-state index contributed by atoms with van der Waals surface area (Å²) in [6, 6.07) is 15.1. The predicted molar refractivity (Wildman–Crippen MR) is 275 cm³/mol. The second-order valence-corrected chi connectivity index (χ2v) is 21.0. The van der Waals surface area contributed by atoms with Gasteiger partial charge < -0.3 is 46.2 Å². The number of rotatable bonds is 6. The number of amidine groups is 1. The SMILES string of the molecule is CC(C)(C)OC(=O)N1CCCC(C(N)=NN)C1.CC(C)(C)OC(=O)N1CCCC(C(N)=S)C1.Cc1ccccc1-c1cnnc(C2CCCN(C(=O)OC(C)(C)C)C2)n1.Cc1ccccc1C(=O)C=O. The number of ether oxygens (including phenoxy) is 3. The highest BCUT2D eigenvalue weighted by atomic mass is 32.1. The van der Waals surface area contributed by atoms with E-state index < -0.39 is 22.6 Å². The number of hydrogen-bond donors (Lipinski definition) is 3. The Morgan fingerprint density at radius 1 is 0.686 bits per heavy atom. The van der Waals surface area contributed by atoms with Crippen molar-refractivity contribution in [2.75, 3.05) is 39.3 Å². The maximum absolute atomic E-state index is 12.4. The first-order valence-corrected chi connectivity index (χ1v) is 24.2. The van der Waals surface area contributed by atoms with Crippen molar-refractivity contribution in [2.24, 2.45) is 34.2 Å². The molecule has 3 aliphatic heterocycles. The van der Waals surface area contributed by atoms with Gasteiger partial charge >= 0.3 is 18.3 Å². The van der Waals surface area contributed by atoms with Gasteiger partial charge in [-0.2, -0.15) is 10.2 Å². The molecule has 2 aromatic carbocycles. The van der Waals surface area contributed by atoms with Crippen LogP contribution in [0.15, 0.2) is 59.8 Å². The first-order valence-electron chi connectivity index (χ1n) is 23.8. The van der Waals surface area contributed by atoms with Crippen molar-refractivity contribution in [3.05, 3.63) is 77.2 Å². The molecule has 1 aromatic heterocycles. The summed E-state index contributed by atoms with van der Waals surface area (Å²) in [5, 5.41) is 11.9. The molecule has 3 saturated heterocycles. The average molecular weight is 989 g/mol. The molecule has 0 radical (unpaired) electrons. The van der Waals surface area contributed by atoms with Crippen LogP contribution in [0.1, 0.15) is 134 Å². The van der Waals surface area contributed by atoms with Crippen LogP contribution in [0.5, 0.6) is 0 Å². The van der Waals surface area contributed by atoms with E-state index >= 15 is 0 Å². The number of piperidine rings is 3. The quantitative estimate of drug-likeness (QED) is 0.0243. The van der Waals surface area contributed by atoms with Crippen molar-refractivity contribution in [2.45, 2.75) is 137 Å². The minimum atomic E-state index is -0.493. The van der Waals surface area contributed by atoms with Crippen LogP contribution >= 0.6 is 12.2 Å². The Balaban J connectivity index is 0.000000259. The van der Waals surface area contributed by atoms with Gasteiger partial charge in [0.25, 0.3) is 0 Å². The minimum Gasteiger partial charge on any atom is -0.444 e. The van der Waals surface area contributed by atoms with Crippen LogP contribution in [0, 0.1) is 25.7 Å². The highest BCUT2D eigenvalue weighted by Crippen LogP contribution is 2.28. The Kier molecular flexibility index (Phi) is 22.1. The molecule has 0 saturated carbocycles. The van der Waals surface area contributed by atoms with E-state index in [4.69, 9.17) is 48.7 Å².